The van der Waals surface area contributed by atoms with Gasteiger partial charge in [0.1, 0.15) is 5.75 Å². The molecule has 1 aromatic rings. The van der Waals surface area contributed by atoms with E-state index < -0.39 is 31.5 Å². The van der Waals surface area contributed by atoms with E-state index in [2.05, 4.69) is 0 Å². The lowest BCUT2D eigenvalue weighted by Crippen LogP contribution is -2.36. The summed E-state index contributed by atoms with van der Waals surface area (Å²) in [5, 5.41) is 0. The minimum atomic E-state index is -3.53. The molecule has 1 aromatic carbocycles. The lowest BCUT2D eigenvalue weighted by molar-refractivity contribution is -0.116. The minimum absolute atomic E-state index is 0.0281. The molecule has 9 heteroatoms. The van der Waals surface area contributed by atoms with Gasteiger partial charge >= 0.3 is 0 Å². The van der Waals surface area contributed by atoms with Gasteiger partial charge in [0.05, 0.1) is 10.6 Å². The van der Waals surface area contributed by atoms with Gasteiger partial charge in [0.15, 0.2) is 9.84 Å². The Morgan fingerprint density at radius 2 is 1.72 bits per heavy atom. The van der Waals surface area contributed by atoms with Crippen molar-refractivity contribution in [3.05, 3.63) is 23.8 Å². The quantitative estimate of drug-likeness (QED) is 0.576. The van der Waals surface area contributed by atoms with Gasteiger partial charge in [0.25, 0.3) is 0 Å². The van der Waals surface area contributed by atoms with Gasteiger partial charge in [-0.1, -0.05) is 26.2 Å². The van der Waals surface area contributed by atoms with Crippen LogP contribution in [-0.2, 0) is 31.1 Å². The molecular weight excluding hydrogens is 412 g/mol. The molecule has 1 amide bonds. The Hall–Kier alpha value is -1.45. The van der Waals surface area contributed by atoms with Gasteiger partial charge in [-0.05, 0) is 49.4 Å². The maximum absolute atomic E-state index is 12.9. The number of hydrogen-bond donors (Lipinski definition) is 0. The van der Waals surface area contributed by atoms with E-state index in [9.17, 15) is 21.6 Å². The van der Waals surface area contributed by atoms with E-state index in [1.807, 2.05) is 6.92 Å². The number of hydrogen-bond acceptors (Lipinski definition) is 5. The number of benzene rings is 1. The van der Waals surface area contributed by atoms with Crippen molar-refractivity contribution in [3.8, 4) is 0 Å². The summed E-state index contributed by atoms with van der Waals surface area (Å²) in [5.41, 5.74) is 1.40. The van der Waals surface area contributed by atoms with Crippen LogP contribution in [0.1, 0.15) is 51.0 Å². The summed E-state index contributed by atoms with van der Waals surface area (Å²) in [6, 6.07) is 4.81. The van der Waals surface area contributed by atoms with Gasteiger partial charge in [0, 0.05) is 25.3 Å². The molecule has 0 unspecified atom stereocenters. The summed E-state index contributed by atoms with van der Waals surface area (Å²) in [7, 11) is -6.96. The smallest absolute Gasteiger partial charge is 0.243 e. The van der Waals surface area contributed by atoms with Gasteiger partial charge in [0.2, 0.25) is 15.9 Å². The largest absolute Gasteiger partial charge is 0.311 e. The lowest BCUT2D eigenvalue weighted by Gasteiger charge is -2.26. The van der Waals surface area contributed by atoms with Gasteiger partial charge < -0.3 is 4.90 Å². The number of carbonyl (C=O) groups is 1. The van der Waals surface area contributed by atoms with Crippen molar-refractivity contribution in [2.75, 3.05) is 36.0 Å². The summed E-state index contributed by atoms with van der Waals surface area (Å²) in [6.07, 6.45) is 5.65. The molecule has 7 nitrogen and oxygen atoms in total. The molecule has 2 aliphatic rings. The monoisotopic (exact) mass is 442 g/mol. The van der Waals surface area contributed by atoms with Crippen LogP contribution in [0.4, 0.5) is 5.69 Å². The van der Waals surface area contributed by atoms with Crippen LogP contribution in [0.2, 0.25) is 0 Å². The molecule has 0 spiro atoms. The number of amides is 1. The number of fused-ring (bicyclic) bond motifs is 1. The highest BCUT2D eigenvalue weighted by Crippen LogP contribution is 2.32. The SMILES string of the molecule is CCCCCS(=O)(=O)CC(=O)N1CCc2cc(S(=O)(=O)N3CCCCC3)ccc21. The van der Waals surface area contributed by atoms with E-state index in [-0.39, 0.29) is 10.6 Å². The Morgan fingerprint density at radius 1 is 1.00 bits per heavy atom. The molecule has 162 valence electrons. The van der Waals surface area contributed by atoms with Gasteiger partial charge in [-0.15, -0.1) is 0 Å². The number of rotatable bonds is 8. The fraction of sp³-hybridized carbons (Fsp3) is 0.650. The summed E-state index contributed by atoms with van der Waals surface area (Å²) < 4.78 is 51.7. The Labute approximate surface area is 174 Å². The Bertz CT molecular complexity index is 951. The molecular formula is C20H30N2O5S2. The molecule has 0 N–H and O–H groups in total. The van der Waals surface area contributed by atoms with E-state index in [1.165, 1.54) is 15.3 Å². The zero-order valence-corrected chi connectivity index (χ0v) is 18.6. The second-order valence-corrected chi connectivity index (χ2v) is 12.0. The first kappa shape index (κ1) is 22.2. The van der Waals surface area contributed by atoms with E-state index in [4.69, 9.17) is 0 Å². The predicted molar refractivity (Wildman–Crippen MR) is 113 cm³/mol. The van der Waals surface area contributed by atoms with Gasteiger partial charge in [-0.2, -0.15) is 4.31 Å². The van der Waals surface area contributed by atoms with Crippen LogP contribution < -0.4 is 4.90 Å². The highest BCUT2D eigenvalue weighted by atomic mass is 32.2. The molecule has 0 aliphatic carbocycles. The molecule has 3 rings (SSSR count). The first-order chi connectivity index (χ1) is 13.7. The zero-order valence-electron chi connectivity index (χ0n) is 17.0. The first-order valence-electron chi connectivity index (χ1n) is 10.4. The molecule has 0 atom stereocenters. The van der Waals surface area contributed by atoms with Crippen molar-refractivity contribution in [3.63, 3.8) is 0 Å². The van der Waals surface area contributed by atoms with Crippen LogP contribution >= 0.6 is 0 Å². The van der Waals surface area contributed by atoms with Gasteiger partial charge in [-0.3, -0.25) is 4.79 Å². The lowest BCUT2D eigenvalue weighted by atomic mass is 10.2. The van der Waals surface area contributed by atoms with E-state index in [1.54, 1.807) is 12.1 Å². The summed E-state index contributed by atoms with van der Waals surface area (Å²) >= 11 is 0. The first-order valence-corrected chi connectivity index (χ1v) is 13.6. The average Bonchev–Trinajstić information content (AvgIpc) is 3.12. The molecule has 29 heavy (non-hydrogen) atoms. The third-order valence-corrected chi connectivity index (χ3v) is 9.09. The second kappa shape index (κ2) is 9.14. The molecule has 0 bridgehead atoms. The highest BCUT2D eigenvalue weighted by molar-refractivity contribution is 7.92. The zero-order chi connectivity index (χ0) is 21.1. The summed E-state index contributed by atoms with van der Waals surface area (Å²) in [5.74, 6) is -0.906. The number of anilines is 1. The fourth-order valence-corrected chi connectivity index (χ4v) is 6.85. The summed E-state index contributed by atoms with van der Waals surface area (Å²) in [6.45, 7) is 3.46. The molecule has 0 aromatic heterocycles. The van der Waals surface area contributed by atoms with E-state index in [0.29, 0.717) is 38.2 Å². The minimum Gasteiger partial charge on any atom is -0.311 e. The maximum Gasteiger partial charge on any atom is 0.243 e. The third kappa shape index (κ3) is 5.19. The number of carbonyl (C=O) groups excluding carboxylic acids is 1. The third-order valence-electron chi connectivity index (χ3n) is 5.60. The molecule has 1 saturated heterocycles. The maximum atomic E-state index is 12.9. The topological polar surface area (TPSA) is 91.8 Å². The molecule has 1 fully saturated rings. The van der Waals surface area contributed by atoms with Crippen LogP contribution in [0.25, 0.3) is 0 Å². The second-order valence-electron chi connectivity index (χ2n) is 7.85. The number of sulfonamides is 1. The van der Waals surface area contributed by atoms with E-state index >= 15 is 0 Å². The molecule has 0 saturated carbocycles. The number of nitrogens with zero attached hydrogens (tertiary/aromatic N) is 2. The standard InChI is InChI=1S/C20H30N2O5S2/c1-2-3-7-14-28(24,25)16-20(23)22-13-10-17-15-18(8-9-19(17)22)29(26,27)21-11-5-4-6-12-21/h8-9,15H,2-7,10-14,16H2,1H3. The fourth-order valence-electron chi connectivity index (χ4n) is 3.96. The predicted octanol–water partition coefficient (Wildman–Crippen LogP) is 2.36. The highest BCUT2D eigenvalue weighted by Gasteiger charge is 2.31. The van der Waals surface area contributed by atoms with Crippen LogP contribution in [0.3, 0.4) is 0 Å². The van der Waals surface area contributed by atoms with Crippen LogP contribution in [0, 0.1) is 0 Å². The molecule has 2 aliphatic heterocycles. The number of sulfone groups is 1. The van der Waals surface area contributed by atoms with Crippen molar-refractivity contribution in [1.29, 1.82) is 0 Å². The number of unbranched alkanes of at least 4 members (excludes halogenated alkanes) is 2. The van der Waals surface area contributed by atoms with E-state index in [0.717, 1.165) is 37.7 Å². The Balaban J connectivity index is 1.73. The van der Waals surface area contributed by atoms with Crippen molar-refractivity contribution in [2.24, 2.45) is 0 Å². The van der Waals surface area contributed by atoms with Crippen molar-refractivity contribution < 1.29 is 21.6 Å². The Morgan fingerprint density at radius 3 is 2.41 bits per heavy atom. The summed E-state index contributed by atoms with van der Waals surface area (Å²) in [4.78, 5) is 14.3. The van der Waals surface area contributed by atoms with Crippen LogP contribution in [0.15, 0.2) is 23.1 Å². The van der Waals surface area contributed by atoms with Crippen LogP contribution in [-0.4, -0.2) is 58.2 Å². The van der Waals surface area contributed by atoms with Crippen LogP contribution in [0.5, 0.6) is 0 Å². The number of piperidine rings is 1. The molecule has 0 radical (unpaired) electrons. The normalized spacial score (nSPS) is 18.0. The van der Waals surface area contributed by atoms with Crippen molar-refractivity contribution in [2.45, 2.75) is 56.8 Å². The Kier molecular flexibility index (Phi) is 7.01. The molecule has 2 heterocycles. The average molecular weight is 443 g/mol. The van der Waals surface area contributed by atoms with Gasteiger partial charge in [-0.25, -0.2) is 16.8 Å². The van der Waals surface area contributed by atoms with Crippen molar-refractivity contribution in [1.82, 2.24) is 4.31 Å². The van der Waals surface area contributed by atoms with Crippen molar-refractivity contribution >= 4 is 31.5 Å².